The molecule has 3 aliphatic rings. The van der Waals surface area contributed by atoms with Crippen LogP contribution in [0.2, 0.25) is 0 Å². The Morgan fingerprint density at radius 1 is 0.806 bits per heavy atom. The second-order valence-corrected chi connectivity index (χ2v) is 9.66. The zero-order valence-electron chi connectivity index (χ0n) is 18.6. The summed E-state index contributed by atoms with van der Waals surface area (Å²) >= 11 is 0. The predicted octanol–water partition coefficient (Wildman–Crippen LogP) is 6.75. The topological polar surface area (TPSA) is 27.7 Å². The maximum Gasteiger partial charge on any atom is 0.169 e. The van der Waals surface area contributed by atoms with Crippen molar-refractivity contribution in [1.82, 2.24) is 0 Å². The van der Waals surface area contributed by atoms with Crippen molar-refractivity contribution in [3.8, 4) is 0 Å². The molecule has 1 saturated heterocycles. The summed E-state index contributed by atoms with van der Waals surface area (Å²) in [5, 5.41) is 0. The van der Waals surface area contributed by atoms with E-state index in [0.29, 0.717) is 19.1 Å². The lowest BCUT2D eigenvalue weighted by Crippen LogP contribution is -2.51. The number of hydrogen-bond acceptors (Lipinski definition) is 3. The Hall–Kier alpha value is -1.68. The van der Waals surface area contributed by atoms with Gasteiger partial charge in [-0.15, -0.1) is 0 Å². The summed E-state index contributed by atoms with van der Waals surface area (Å²) in [6, 6.07) is 21.4. The molecule has 2 saturated carbocycles. The zero-order chi connectivity index (χ0) is 21.0. The molecule has 5 rings (SSSR count). The lowest BCUT2D eigenvalue weighted by molar-refractivity contribution is -0.234. The van der Waals surface area contributed by atoms with E-state index in [4.69, 9.17) is 14.2 Å². The first-order chi connectivity index (χ1) is 15.3. The smallest absolute Gasteiger partial charge is 0.169 e. The summed E-state index contributed by atoms with van der Waals surface area (Å²) < 4.78 is 20.4. The quantitative estimate of drug-likeness (QED) is 0.517. The van der Waals surface area contributed by atoms with E-state index < -0.39 is 11.4 Å². The molecule has 31 heavy (non-hydrogen) atoms. The maximum absolute atomic E-state index is 7.05. The van der Waals surface area contributed by atoms with E-state index in [1.807, 2.05) is 0 Å². The second-order valence-electron chi connectivity index (χ2n) is 9.66. The van der Waals surface area contributed by atoms with E-state index >= 15 is 0 Å². The number of hydrogen-bond donors (Lipinski definition) is 0. The van der Waals surface area contributed by atoms with Crippen molar-refractivity contribution in [2.45, 2.75) is 88.3 Å². The number of rotatable bonds is 6. The highest BCUT2D eigenvalue weighted by Crippen LogP contribution is 2.51. The van der Waals surface area contributed by atoms with Gasteiger partial charge in [0.05, 0.1) is 13.2 Å². The Labute approximate surface area is 187 Å². The van der Waals surface area contributed by atoms with Gasteiger partial charge in [-0.2, -0.15) is 0 Å². The molecule has 0 unspecified atom stereocenters. The van der Waals surface area contributed by atoms with E-state index in [2.05, 4.69) is 60.7 Å². The van der Waals surface area contributed by atoms with Crippen molar-refractivity contribution in [1.29, 1.82) is 0 Å². The van der Waals surface area contributed by atoms with Gasteiger partial charge >= 0.3 is 0 Å². The standard InChI is InChI=1S/C28H36O3/c1-5-13-23(14-6-1)21-30-28(24-15-7-2-8-16-24,25-17-9-3-10-18-25)26-22-29-27(31-26)19-11-4-12-20-27/h1-2,5-8,13-16,25-26H,3-4,9-12,17-22H2/t26-,28-/m1/s1. The first-order valence-electron chi connectivity index (χ1n) is 12.4. The molecule has 3 nitrogen and oxygen atoms in total. The van der Waals surface area contributed by atoms with Gasteiger partial charge in [-0.05, 0) is 42.7 Å². The molecule has 0 N–H and O–H groups in total. The van der Waals surface area contributed by atoms with Crippen molar-refractivity contribution in [2.24, 2.45) is 5.92 Å². The van der Waals surface area contributed by atoms with Crippen LogP contribution in [0.4, 0.5) is 0 Å². The number of ether oxygens (including phenoxy) is 3. The van der Waals surface area contributed by atoms with Crippen molar-refractivity contribution in [3.05, 3.63) is 71.8 Å². The van der Waals surface area contributed by atoms with Gasteiger partial charge in [-0.3, -0.25) is 0 Å². The molecule has 0 bridgehead atoms. The highest BCUT2D eigenvalue weighted by molar-refractivity contribution is 5.27. The molecule has 2 aromatic carbocycles. The summed E-state index contributed by atoms with van der Waals surface area (Å²) in [6.45, 7) is 1.22. The fourth-order valence-electron chi connectivity index (χ4n) is 6.10. The Kier molecular flexibility index (Phi) is 6.45. The first-order valence-corrected chi connectivity index (χ1v) is 12.4. The van der Waals surface area contributed by atoms with Gasteiger partial charge in [0.25, 0.3) is 0 Å². The summed E-state index contributed by atoms with van der Waals surface area (Å²) in [5.41, 5.74) is 1.99. The Balaban J connectivity index is 1.52. The van der Waals surface area contributed by atoms with Crippen LogP contribution in [-0.4, -0.2) is 18.5 Å². The van der Waals surface area contributed by atoms with Gasteiger partial charge in [0, 0.05) is 12.8 Å². The molecule has 2 aromatic rings. The van der Waals surface area contributed by atoms with E-state index in [-0.39, 0.29) is 6.10 Å². The SMILES string of the molecule is c1ccc(CO[C@](c2ccccc2)(C2CCCCC2)[C@H]2COC3(CCCCC3)O2)cc1. The van der Waals surface area contributed by atoms with Gasteiger partial charge in [0.2, 0.25) is 0 Å². The van der Waals surface area contributed by atoms with Crippen LogP contribution >= 0.6 is 0 Å². The summed E-state index contributed by atoms with van der Waals surface area (Å²) in [7, 11) is 0. The van der Waals surface area contributed by atoms with Crippen molar-refractivity contribution in [2.75, 3.05) is 6.61 Å². The average Bonchev–Trinajstić information content (AvgIpc) is 3.25. The molecule has 3 fully saturated rings. The first kappa shape index (κ1) is 21.2. The van der Waals surface area contributed by atoms with Gasteiger partial charge in [-0.1, -0.05) is 86.3 Å². The minimum Gasteiger partial charge on any atom is -0.362 e. The third-order valence-electron chi connectivity index (χ3n) is 7.71. The van der Waals surface area contributed by atoms with E-state index in [9.17, 15) is 0 Å². The van der Waals surface area contributed by atoms with Gasteiger partial charge in [0.15, 0.2) is 5.79 Å². The van der Waals surface area contributed by atoms with Gasteiger partial charge in [-0.25, -0.2) is 0 Å². The highest BCUT2D eigenvalue weighted by Gasteiger charge is 2.55. The van der Waals surface area contributed by atoms with Crippen LogP contribution in [0.1, 0.15) is 75.3 Å². The van der Waals surface area contributed by atoms with Crippen LogP contribution in [0.5, 0.6) is 0 Å². The van der Waals surface area contributed by atoms with Crippen LogP contribution in [0.15, 0.2) is 60.7 Å². The summed E-state index contributed by atoms with van der Waals surface area (Å²) in [4.78, 5) is 0. The average molecular weight is 421 g/mol. The predicted molar refractivity (Wildman–Crippen MR) is 123 cm³/mol. The molecule has 0 amide bonds. The monoisotopic (exact) mass is 420 g/mol. The molecular formula is C28H36O3. The minimum absolute atomic E-state index is 0.0696. The highest BCUT2D eigenvalue weighted by atomic mass is 16.8. The summed E-state index contributed by atoms with van der Waals surface area (Å²) in [5.74, 6) is 0.0491. The fraction of sp³-hybridized carbons (Fsp3) is 0.571. The van der Waals surface area contributed by atoms with Crippen LogP contribution in [0, 0.1) is 5.92 Å². The molecule has 0 aromatic heterocycles. The minimum atomic E-state index is -0.474. The summed E-state index contributed by atoms with van der Waals surface area (Å²) in [6.07, 6.45) is 11.9. The van der Waals surface area contributed by atoms with E-state index in [1.165, 1.54) is 62.5 Å². The normalized spacial score (nSPS) is 26.0. The molecule has 166 valence electrons. The maximum atomic E-state index is 7.05. The van der Waals surface area contributed by atoms with Gasteiger partial charge in [0.1, 0.15) is 11.7 Å². The Morgan fingerprint density at radius 3 is 2.16 bits per heavy atom. The lowest BCUT2D eigenvalue weighted by Gasteiger charge is -2.46. The van der Waals surface area contributed by atoms with E-state index in [1.54, 1.807) is 0 Å². The van der Waals surface area contributed by atoms with E-state index in [0.717, 1.165) is 12.8 Å². The van der Waals surface area contributed by atoms with Crippen molar-refractivity contribution < 1.29 is 14.2 Å². The molecule has 2 atom stereocenters. The molecule has 3 heteroatoms. The van der Waals surface area contributed by atoms with Crippen LogP contribution in [0.3, 0.4) is 0 Å². The molecule has 0 radical (unpaired) electrons. The van der Waals surface area contributed by atoms with Crippen molar-refractivity contribution >= 4 is 0 Å². The fourth-order valence-corrected chi connectivity index (χ4v) is 6.10. The Morgan fingerprint density at radius 2 is 1.45 bits per heavy atom. The van der Waals surface area contributed by atoms with Crippen LogP contribution in [-0.2, 0) is 26.4 Å². The molecule has 1 spiro atoms. The largest absolute Gasteiger partial charge is 0.362 e. The molecule has 1 heterocycles. The molecular weight excluding hydrogens is 384 g/mol. The van der Waals surface area contributed by atoms with Crippen LogP contribution < -0.4 is 0 Å². The zero-order valence-corrected chi connectivity index (χ0v) is 18.6. The second kappa shape index (κ2) is 9.44. The van der Waals surface area contributed by atoms with Crippen molar-refractivity contribution in [3.63, 3.8) is 0 Å². The third-order valence-corrected chi connectivity index (χ3v) is 7.71. The van der Waals surface area contributed by atoms with Gasteiger partial charge < -0.3 is 14.2 Å². The molecule has 2 aliphatic carbocycles. The van der Waals surface area contributed by atoms with Crippen LogP contribution in [0.25, 0.3) is 0 Å². The Bertz CT molecular complexity index is 809. The molecule has 1 aliphatic heterocycles. The lowest BCUT2D eigenvalue weighted by atomic mass is 9.70. The number of benzene rings is 2. The third kappa shape index (κ3) is 4.33.